The Bertz CT molecular complexity index is 270. The Morgan fingerprint density at radius 3 is 2.53 bits per heavy atom. The first-order chi connectivity index (χ1) is 7.16. The third-order valence-corrected chi connectivity index (χ3v) is 3.21. The van der Waals surface area contributed by atoms with Gasteiger partial charge >= 0.3 is 0 Å². The maximum absolute atomic E-state index is 12.0. The number of piperidine rings is 1. The second-order valence-electron chi connectivity index (χ2n) is 4.45. The third kappa shape index (κ3) is 2.38. The van der Waals surface area contributed by atoms with E-state index in [0.717, 1.165) is 6.42 Å². The molecule has 2 unspecified atom stereocenters. The van der Waals surface area contributed by atoms with Crippen LogP contribution in [-0.2, 0) is 4.79 Å². The predicted octanol–water partition coefficient (Wildman–Crippen LogP) is -0.127. The molecule has 2 atom stereocenters. The van der Waals surface area contributed by atoms with E-state index in [1.165, 1.54) is 0 Å². The maximum Gasteiger partial charge on any atom is 0.229 e. The first-order valence-corrected chi connectivity index (χ1v) is 5.57. The fourth-order valence-corrected chi connectivity index (χ4v) is 2.23. The number of aliphatic hydroxyl groups is 1. The molecule has 0 aromatic carbocycles. The summed E-state index contributed by atoms with van der Waals surface area (Å²) in [6.07, 6.45) is 5.73. The Labute approximate surface area is 89.7 Å². The number of aliphatic hydroxyl groups excluding tert-OH is 1. The fraction of sp³-hybridized carbons (Fsp3) is 0.727. The SMILES string of the molecule is NC1C=CC(C(=O)N2CCC(O)CC2)C1. The molecule has 1 saturated heterocycles. The molecule has 0 saturated carbocycles. The summed E-state index contributed by atoms with van der Waals surface area (Å²) in [5.41, 5.74) is 5.72. The van der Waals surface area contributed by atoms with E-state index in [1.54, 1.807) is 0 Å². The van der Waals surface area contributed by atoms with Crippen LogP contribution in [0.3, 0.4) is 0 Å². The number of hydrogen-bond acceptors (Lipinski definition) is 3. The first-order valence-electron chi connectivity index (χ1n) is 5.57. The Hall–Kier alpha value is -0.870. The molecule has 84 valence electrons. The van der Waals surface area contributed by atoms with Crippen LogP contribution in [0.5, 0.6) is 0 Å². The Kier molecular flexibility index (Phi) is 3.07. The zero-order valence-electron chi connectivity index (χ0n) is 8.80. The number of likely N-dealkylation sites (tertiary alicyclic amines) is 1. The summed E-state index contributed by atoms with van der Waals surface area (Å²) in [5.74, 6) is 0.140. The summed E-state index contributed by atoms with van der Waals surface area (Å²) in [7, 11) is 0. The zero-order chi connectivity index (χ0) is 10.8. The minimum absolute atomic E-state index is 0.0322. The van der Waals surface area contributed by atoms with Crippen molar-refractivity contribution in [3.63, 3.8) is 0 Å². The molecule has 3 N–H and O–H groups in total. The first kappa shape index (κ1) is 10.6. The van der Waals surface area contributed by atoms with Crippen LogP contribution in [0.4, 0.5) is 0 Å². The number of carbonyl (C=O) groups excluding carboxylic acids is 1. The van der Waals surface area contributed by atoms with E-state index in [0.29, 0.717) is 25.9 Å². The lowest BCUT2D eigenvalue weighted by Gasteiger charge is -2.31. The lowest BCUT2D eigenvalue weighted by atomic mass is 10.0. The number of hydrogen-bond donors (Lipinski definition) is 2. The lowest BCUT2D eigenvalue weighted by molar-refractivity contribution is -0.136. The van der Waals surface area contributed by atoms with Crippen molar-refractivity contribution in [3.8, 4) is 0 Å². The molecule has 1 aliphatic carbocycles. The molecule has 2 rings (SSSR count). The molecular formula is C11H18N2O2. The Balaban J connectivity index is 1.89. The average molecular weight is 210 g/mol. The highest BCUT2D eigenvalue weighted by Crippen LogP contribution is 2.21. The molecule has 4 nitrogen and oxygen atoms in total. The van der Waals surface area contributed by atoms with Crippen LogP contribution >= 0.6 is 0 Å². The van der Waals surface area contributed by atoms with Gasteiger partial charge < -0.3 is 15.7 Å². The van der Waals surface area contributed by atoms with E-state index < -0.39 is 0 Å². The topological polar surface area (TPSA) is 66.6 Å². The van der Waals surface area contributed by atoms with Crippen molar-refractivity contribution in [1.29, 1.82) is 0 Å². The van der Waals surface area contributed by atoms with E-state index in [2.05, 4.69) is 0 Å². The van der Waals surface area contributed by atoms with Crippen molar-refractivity contribution >= 4 is 5.91 Å². The molecule has 1 amide bonds. The molecule has 4 heteroatoms. The number of nitrogens with zero attached hydrogens (tertiary/aromatic N) is 1. The van der Waals surface area contributed by atoms with Crippen molar-refractivity contribution in [1.82, 2.24) is 4.90 Å². The van der Waals surface area contributed by atoms with Crippen LogP contribution in [0, 0.1) is 5.92 Å². The quantitative estimate of drug-likeness (QED) is 0.593. The van der Waals surface area contributed by atoms with Crippen LogP contribution in [0.25, 0.3) is 0 Å². The highest BCUT2D eigenvalue weighted by Gasteiger charge is 2.29. The Morgan fingerprint density at radius 1 is 1.33 bits per heavy atom. The number of nitrogens with two attached hydrogens (primary N) is 1. The van der Waals surface area contributed by atoms with Gasteiger partial charge in [-0.05, 0) is 19.3 Å². The lowest BCUT2D eigenvalue weighted by Crippen LogP contribution is -2.42. The van der Waals surface area contributed by atoms with Crippen molar-refractivity contribution in [2.75, 3.05) is 13.1 Å². The summed E-state index contributed by atoms with van der Waals surface area (Å²) in [4.78, 5) is 13.8. The fourth-order valence-electron chi connectivity index (χ4n) is 2.23. The van der Waals surface area contributed by atoms with Crippen LogP contribution < -0.4 is 5.73 Å². The van der Waals surface area contributed by atoms with Gasteiger partial charge in [-0.2, -0.15) is 0 Å². The van der Waals surface area contributed by atoms with Gasteiger partial charge in [0.25, 0.3) is 0 Å². The highest BCUT2D eigenvalue weighted by atomic mass is 16.3. The second-order valence-corrected chi connectivity index (χ2v) is 4.45. The molecule has 0 spiro atoms. The predicted molar refractivity (Wildman–Crippen MR) is 57.0 cm³/mol. The van der Waals surface area contributed by atoms with Crippen molar-refractivity contribution in [2.24, 2.45) is 11.7 Å². The van der Waals surface area contributed by atoms with Crippen LogP contribution in [0.15, 0.2) is 12.2 Å². The average Bonchev–Trinajstić information content (AvgIpc) is 2.65. The summed E-state index contributed by atoms with van der Waals surface area (Å²) in [6, 6.07) is 0.0364. The molecular weight excluding hydrogens is 192 g/mol. The van der Waals surface area contributed by atoms with E-state index >= 15 is 0 Å². The van der Waals surface area contributed by atoms with Crippen LogP contribution in [-0.4, -0.2) is 41.1 Å². The summed E-state index contributed by atoms with van der Waals surface area (Å²) in [6.45, 7) is 1.36. The van der Waals surface area contributed by atoms with E-state index in [-0.39, 0.29) is 24.0 Å². The second kappa shape index (κ2) is 4.33. The van der Waals surface area contributed by atoms with Gasteiger partial charge in [0, 0.05) is 19.1 Å². The van der Waals surface area contributed by atoms with Crippen LogP contribution in [0.1, 0.15) is 19.3 Å². The number of carbonyl (C=O) groups is 1. The highest BCUT2D eigenvalue weighted by molar-refractivity contribution is 5.81. The third-order valence-electron chi connectivity index (χ3n) is 3.21. The largest absolute Gasteiger partial charge is 0.393 e. The van der Waals surface area contributed by atoms with E-state index in [4.69, 9.17) is 5.73 Å². The van der Waals surface area contributed by atoms with Gasteiger partial charge in [0.1, 0.15) is 0 Å². The van der Waals surface area contributed by atoms with Crippen molar-refractivity contribution < 1.29 is 9.90 Å². The molecule has 0 radical (unpaired) electrons. The standard InChI is InChI=1S/C11H18N2O2/c12-9-2-1-8(7-9)11(15)13-5-3-10(14)4-6-13/h1-2,8-10,14H,3-7,12H2. The smallest absolute Gasteiger partial charge is 0.229 e. The number of amides is 1. The summed E-state index contributed by atoms with van der Waals surface area (Å²) < 4.78 is 0. The van der Waals surface area contributed by atoms with Crippen molar-refractivity contribution in [2.45, 2.75) is 31.4 Å². The minimum atomic E-state index is -0.226. The molecule has 0 aromatic rings. The molecule has 0 bridgehead atoms. The monoisotopic (exact) mass is 210 g/mol. The maximum atomic E-state index is 12.0. The molecule has 1 fully saturated rings. The van der Waals surface area contributed by atoms with Gasteiger partial charge in [-0.15, -0.1) is 0 Å². The van der Waals surface area contributed by atoms with Crippen molar-refractivity contribution in [3.05, 3.63) is 12.2 Å². The molecule has 2 aliphatic rings. The summed E-state index contributed by atoms with van der Waals surface area (Å²) in [5, 5.41) is 9.34. The van der Waals surface area contributed by atoms with Gasteiger partial charge in [0.15, 0.2) is 0 Å². The van der Waals surface area contributed by atoms with E-state index in [1.807, 2.05) is 17.1 Å². The molecule has 1 aliphatic heterocycles. The van der Waals surface area contributed by atoms with Gasteiger partial charge in [-0.25, -0.2) is 0 Å². The van der Waals surface area contributed by atoms with Crippen LogP contribution in [0.2, 0.25) is 0 Å². The van der Waals surface area contributed by atoms with Gasteiger partial charge in [-0.1, -0.05) is 12.2 Å². The molecule has 0 aromatic heterocycles. The molecule has 15 heavy (non-hydrogen) atoms. The Morgan fingerprint density at radius 2 is 2.00 bits per heavy atom. The normalized spacial score (nSPS) is 32.3. The minimum Gasteiger partial charge on any atom is -0.393 e. The molecule has 1 heterocycles. The summed E-state index contributed by atoms with van der Waals surface area (Å²) >= 11 is 0. The zero-order valence-corrected chi connectivity index (χ0v) is 8.80. The van der Waals surface area contributed by atoms with E-state index in [9.17, 15) is 9.90 Å². The van der Waals surface area contributed by atoms with Gasteiger partial charge in [0.05, 0.1) is 12.0 Å². The van der Waals surface area contributed by atoms with Gasteiger partial charge in [-0.3, -0.25) is 4.79 Å². The van der Waals surface area contributed by atoms with Gasteiger partial charge in [0.2, 0.25) is 5.91 Å². The number of rotatable bonds is 1.